The van der Waals surface area contributed by atoms with Crippen LogP contribution < -0.4 is 4.74 Å². The predicted molar refractivity (Wildman–Crippen MR) is 96.4 cm³/mol. The Labute approximate surface area is 157 Å². The Bertz CT molecular complexity index is 785. The Morgan fingerprint density at radius 3 is 2.70 bits per heavy atom. The number of likely N-dealkylation sites (tertiary alicyclic amines) is 1. The Morgan fingerprint density at radius 1 is 1.22 bits per heavy atom. The minimum atomic E-state index is -0.505. The monoisotopic (exact) mass is 370 g/mol. The van der Waals surface area contributed by atoms with Gasteiger partial charge >= 0.3 is 6.09 Å². The number of benzene rings is 1. The quantitative estimate of drug-likeness (QED) is 0.869. The van der Waals surface area contributed by atoms with Crippen molar-refractivity contribution in [2.24, 2.45) is 0 Å². The summed E-state index contributed by atoms with van der Waals surface area (Å²) in [5.41, 5.74) is -0.0248. The zero-order valence-corrected chi connectivity index (χ0v) is 15.0. The van der Waals surface area contributed by atoms with Gasteiger partial charge in [0, 0.05) is 32.1 Å². The number of piperidine rings is 1. The van der Waals surface area contributed by atoms with E-state index < -0.39 is 5.60 Å². The Hall–Kier alpha value is -3.03. The highest BCUT2D eigenvalue weighted by atomic mass is 16.6. The van der Waals surface area contributed by atoms with Crippen LogP contribution in [-0.4, -0.2) is 70.4 Å². The number of ether oxygens (including phenoxy) is 2. The number of carbonyl (C=O) groups is 2. The molecule has 4 rings (SSSR count). The SMILES string of the molecule is O=C1OC2(CCN(C(=O)c3ccn[nH]3)CC2)CN1CCOc1ccccc1. The van der Waals surface area contributed by atoms with E-state index in [2.05, 4.69) is 10.2 Å². The third-order valence-electron chi connectivity index (χ3n) is 5.11. The topological polar surface area (TPSA) is 87.8 Å². The van der Waals surface area contributed by atoms with E-state index in [1.165, 1.54) is 0 Å². The molecule has 1 spiro atoms. The highest BCUT2D eigenvalue weighted by Crippen LogP contribution is 2.33. The van der Waals surface area contributed by atoms with Gasteiger partial charge in [-0.15, -0.1) is 0 Å². The highest BCUT2D eigenvalue weighted by Gasteiger charge is 2.47. The summed E-state index contributed by atoms with van der Waals surface area (Å²) in [5, 5.41) is 6.52. The van der Waals surface area contributed by atoms with Crippen molar-refractivity contribution in [3.05, 3.63) is 48.3 Å². The van der Waals surface area contributed by atoms with E-state index in [0.717, 1.165) is 5.75 Å². The van der Waals surface area contributed by atoms with Crippen LogP contribution in [0.5, 0.6) is 5.75 Å². The first-order valence-corrected chi connectivity index (χ1v) is 9.10. The molecule has 3 heterocycles. The fraction of sp³-hybridized carbons (Fsp3) is 0.421. The molecule has 1 aromatic heterocycles. The normalized spacial score (nSPS) is 18.6. The molecule has 27 heavy (non-hydrogen) atoms. The van der Waals surface area contributed by atoms with Gasteiger partial charge in [0.1, 0.15) is 23.7 Å². The molecule has 142 valence electrons. The molecule has 0 unspecified atom stereocenters. The van der Waals surface area contributed by atoms with E-state index in [1.807, 2.05) is 30.3 Å². The minimum Gasteiger partial charge on any atom is -0.492 e. The molecule has 0 aliphatic carbocycles. The van der Waals surface area contributed by atoms with Crippen molar-refractivity contribution in [1.29, 1.82) is 0 Å². The molecule has 0 bridgehead atoms. The molecule has 1 N–H and O–H groups in total. The number of hydrogen-bond donors (Lipinski definition) is 1. The zero-order valence-electron chi connectivity index (χ0n) is 15.0. The Kier molecular flexibility index (Phi) is 4.70. The maximum Gasteiger partial charge on any atom is 0.410 e. The first-order valence-electron chi connectivity index (χ1n) is 9.10. The molecule has 2 aliphatic heterocycles. The molecule has 2 fully saturated rings. The van der Waals surface area contributed by atoms with Gasteiger partial charge < -0.3 is 19.3 Å². The van der Waals surface area contributed by atoms with E-state index in [4.69, 9.17) is 9.47 Å². The largest absolute Gasteiger partial charge is 0.492 e. The van der Waals surface area contributed by atoms with Crippen LogP contribution in [0.25, 0.3) is 0 Å². The molecule has 1 aromatic carbocycles. The van der Waals surface area contributed by atoms with Gasteiger partial charge in [-0.3, -0.25) is 9.89 Å². The Morgan fingerprint density at radius 2 is 2.00 bits per heavy atom. The number of H-pyrrole nitrogens is 1. The van der Waals surface area contributed by atoms with E-state index in [1.54, 1.807) is 22.1 Å². The fourth-order valence-corrected chi connectivity index (χ4v) is 3.58. The molecular weight excluding hydrogens is 348 g/mol. The van der Waals surface area contributed by atoms with E-state index in [9.17, 15) is 9.59 Å². The third kappa shape index (κ3) is 3.74. The van der Waals surface area contributed by atoms with Crippen LogP contribution in [-0.2, 0) is 4.74 Å². The van der Waals surface area contributed by atoms with Crippen LogP contribution in [0.4, 0.5) is 4.79 Å². The van der Waals surface area contributed by atoms with Gasteiger partial charge in [-0.05, 0) is 18.2 Å². The third-order valence-corrected chi connectivity index (χ3v) is 5.11. The van der Waals surface area contributed by atoms with Crippen LogP contribution in [0.1, 0.15) is 23.3 Å². The van der Waals surface area contributed by atoms with Crippen molar-refractivity contribution >= 4 is 12.0 Å². The smallest absolute Gasteiger partial charge is 0.410 e. The number of carbonyl (C=O) groups excluding carboxylic acids is 2. The second-order valence-electron chi connectivity index (χ2n) is 6.90. The molecule has 2 aromatic rings. The lowest BCUT2D eigenvalue weighted by molar-refractivity contribution is 0.00296. The first-order chi connectivity index (χ1) is 13.2. The zero-order chi connectivity index (χ0) is 18.7. The van der Waals surface area contributed by atoms with E-state index in [-0.39, 0.29) is 12.0 Å². The summed E-state index contributed by atoms with van der Waals surface area (Å²) in [4.78, 5) is 28.1. The minimum absolute atomic E-state index is 0.0696. The van der Waals surface area contributed by atoms with Crippen LogP contribution >= 0.6 is 0 Å². The summed E-state index contributed by atoms with van der Waals surface area (Å²) in [6, 6.07) is 11.2. The predicted octanol–water partition coefficient (Wildman–Crippen LogP) is 1.92. The number of rotatable bonds is 5. The number of aromatic nitrogens is 2. The van der Waals surface area contributed by atoms with Crippen LogP contribution in [0.15, 0.2) is 42.6 Å². The van der Waals surface area contributed by atoms with Crippen LogP contribution in [0.3, 0.4) is 0 Å². The average molecular weight is 370 g/mol. The van der Waals surface area contributed by atoms with Gasteiger partial charge in [-0.1, -0.05) is 18.2 Å². The fourth-order valence-electron chi connectivity index (χ4n) is 3.58. The van der Waals surface area contributed by atoms with Crippen molar-refractivity contribution < 1.29 is 19.1 Å². The molecule has 0 radical (unpaired) electrons. The summed E-state index contributed by atoms with van der Waals surface area (Å²) in [7, 11) is 0. The molecule has 2 saturated heterocycles. The number of amides is 2. The van der Waals surface area contributed by atoms with Gasteiger partial charge in [0.05, 0.1) is 13.1 Å². The number of aromatic amines is 1. The van der Waals surface area contributed by atoms with Gasteiger partial charge in [-0.25, -0.2) is 4.79 Å². The molecule has 8 nitrogen and oxygen atoms in total. The van der Waals surface area contributed by atoms with E-state index in [0.29, 0.717) is 51.3 Å². The average Bonchev–Trinajstić information content (AvgIpc) is 3.32. The lowest BCUT2D eigenvalue weighted by atomic mass is 9.91. The van der Waals surface area contributed by atoms with Gasteiger partial charge in [-0.2, -0.15) is 5.10 Å². The second kappa shape index (κ2) is 7.30. The highest BCUT2D eigenvalue weighted by molar-refractivity contribution is 5.92. The van der Waals surface area contributed by atoms with Gasteiger partial charge in [0.15, 0.2) is 0 Å². The maximum atomic E-state index is 12.4. The summed E-state index contributed by atoms with van der Waals surface area (Å²) < 4.78 is 11.4. The summed E-state index contributed by atoms with van der Waals surface area (Å²) in [6.45, 7) is 2.54. The Balaban J connectivity index is 1.28. The number of nitrogens with zero attached hydrogens (tertiary/aromatic N) is 3. The van der Waals surface area contributed by atoms with Crippen molar-refractivity contribution in [2.75, 3.05) is 32.8 Å². The van der Waals surface area contributed by atoms with E-state index >= 15 is 0 Å². The van der Waals surface area contributed by atoms with Crippen molar-refractivity contribution in [3.63, 3.8) is 0 Å². The number of para-hydroxylation sites is 1. The molecule has 0 atom stereocenters. The summed E-state index contributed by atoms with van der Waals surface area (Å²) >= 11 is 0. The maximum absolute atomic E-state index is 12.4. The lowest BCUT2D eigenvalue weighted by Gasteiger charge is -2.37. The molecular formula is C19H22N4O4. The second-order valence-corrected chi connectivity index (χ2v) is 6.90. The lowest BCUT2D eigenvalue weighted by Crippen LogP contribution is -2.49. The summed E-state index contributed by atoms with van der Waals surface area (Å²) in [5.74, 6) is 0.713. The molecule has 0 saturated carbocycles. The van der Waals surface area contributed by atoms with Gasteiger partial charge in [0.2, 0.25) is 0 Å². The number of hydrogen-bond acceptors (Lipinski definition) is 5. The van der Waals surface area contributed by atoms with Gasteiger partial charge in [0.25, 0.3) is 5.91 Å². The molecule has 8 heteroatoms. The summed E-state index contributed by atoms with van der Waals surface area (Å²) in [6.07, 6.45) is 2.52. The number of nitrogens with one attached hydrogen (secondary N) is 1. The van der Waals surface area contributed by atoms with Crippen molar-refractivity contribution in [3.8, 4) is 5.75 Å². The van der Waals surface area contributed by atoms with Crippen molar-refractivity contribution in [1.82, 2.24) is 20.0 Å². The molecule has 2 amide bonds. The first kappa shape index (κ1) is 17.4. The van der Waals surface area contributed by atoms with Crippen molar-refractivity contribution in [2.45, 2.75) is 18.4 Å². The molecule has 2 aliphatic rings. The standard InChI is InChI=1S/C19H22N4O4/c24-17(16-6-9-20-21-16)22-10-7-19(8-11-22)14-23(18(25)27-19)12-13-26-15-4-2-1-3-5-15/h1-6,9H,7-8,10-14H2,(H,20,21). The van der Waals surface area contributed by atoms with Crippen LogP contribution in [0.2, 0.25) is 0 Å². The van der Waals surface area contributed by atoms with Crippen LogP contribution in [0, 0.1) is 0 Å².